The summed E-state index contributed by atoms with van der Waals surface area (Å²) in [5, 5.41) is 6.65. The Labute approximate surface area is 143 Å². The van der Waals surface area contributed by atoms with Crippen molar-refractivity contribution >= 4 is 12.2 Å². The lowest BCUT2D eigenvalue weighted by atomic mass is 10.2. The van der Waals surface area contributed by atoms with Crippen LogP contribution in [0, 0.1) is 4.77 Å². The first-order chi connectivity index (χ1) is 11.9. The number of aromatic amines is 1. The van der Waals surface area contributed by atoms with Crippen molar-refractivity contribution in [2.45, 2.75) is 19.1 Å². The molecule has 0 unspecified atom stereocenters. The molecule has 0 saturated heterocycles. The number of nitrogens with zero attached hydrogens (tertiary/aromatic N) is 2. The summed E-state index contributed by atoms with van der Waals surface area (Å²) < 4.78 is 61.9. The molecule has 25 heavy (non-hydrogen) atoms. The maximum Gasteiger partial charge on any atom is 0.461 e. The fraction of sp³-hybridized carbons (Fsp3) is 0.200. The summed E-state index contributed by atoms with van der Waals surface area (Å²) in [6.45, 7) is 0.260. The van der Waals surface area contributed by atoms with Crippen molar-refractivity contribution in [3.8, 4) is 17.1 Å². The molecule has 0 atom stereocenters. The highest BCUT2D eigenvalue weighted by atomic mass is 32.1. The van der Waals surface area contributed by atoms with Crippen LogP contribution in [0.25, 0.3) is 11.4 Å². The third-order valence-corrected chi connectivity index (χ3v) is 3.56. The van der Waals surface area contributed by atoms with E-state index in [9.17, 15) is 17.6 Å². The minimum absolute atomic E-state index is 0.260. The van der Waals surface area contributed by atoms with E-state index >= 15 is 0 Å². The van der Waals surface area contributed by atoms with Gasteiger partial charge in [-0.1, -0.05) is 12.1 Å². The SMILES string of the molecule is FC(F)C(F)(F)Oc1cccc(-c2n[nH]c(=S)n2Cc2ccco2)c1. The van der Waals surface area contributed by atoms with E-state index in [2.05, 4.69) is 14.9 Å². The topological polar surface area (TPSA) is 56.0 Å². The van der Waals surface area contributed by atoms with Gasteiger partial charge < -0.3 is 9.15 Å². The van der Waals surface area contributed by atoms with E-state index < -0.39 is 18.3 Å². The minimum atomic E-state index is -4.59. The third-order valence-electron chi connectivity index (χ3n) is 3.25. The first kappa shape index (κ1) is 17.2. The molecule has 0 radical (unpaired) electrons. The maximum atomic E-state index is 13.1. The zero-order valence-corrected chi connectivity index (χ0v) is 13.3. The van der Waals surface area contributed by atoms with Crippen molar-refractivity contribution in [3.63, 3.8) is 0 Å². The van der Waals surface area contributed by atoms with E-state index in [-0.39, 0.29) is 11.3 Å². The van der Waals surface area contributed by atoms with Crippen LogP contribution >= 0.6 is 12.2 Å². The summed E-state index contributed by atoms with van der Waals surface area (Å²) in [5.74, 6) is 0.517. The second-order valence-electron chi connectivity index (χ2n) is 5.01. The smallest absolute Gasteiger partial charge is 0.461 e. The van der Waals surface area contributed by atoms with Gasteiger partial charge in [0.2, 0.25) is 0 Å². The number of benzene rings is 1. The number of ether oxygens (including phenoxy) is 1. The number of rotatable bonds is 6. The Morgan fingerprint density at radius 3 is 2.76 bits per heavy atom. The predicted molar refractivity (Wildman–Crippen MR) is 82.2 cm³/mol. The molecule has 10 heteroatoms. The van der Waals surface area contributed by atoms with Crippen LogP contribution in [0.1, 0.15) is 5.76 Å². The van der Waals surface area contributed by atoms with E-state index in [1.54, 1.807) is 22.8 Å². The normalized spacial score (nSPS) is 11.9. The molecule has 5 nitrogen and oxygen atoms in total. The zero-order chi connectivity index (χ0) is 18.0. The number of furan rings is 1. The molecule has 0 aliphatic carbocycles. The van der Waals surface area contributed by atoms with Crippen molar-refractivity contribution in [3.05, 3.63) is 53.2 Å². The number of H-pyrrole nitrogens is 1. The fourth-order valence-corrected chi connectivity index (χ4v) is 2.34. The monoisotopic (exact) mass is 373 g/mol. The summed E-state index contributed by atoms with van der Waals surface area (Å²) in [4.78, 5) is 0. The molecule has 132 valence electrons. The molecule has 2 aromatic heterocycles. The Kier molecular flexibility index (Phi) is 4.62. The number of alkyl halides is 4. The number of aromatic nitrogens is 3. The van der Waals surface area contributed by atoms with Gasteiger partial charge in [-0.2, -0.15) is 22.7 Å². The molecule has 0 fully saturated rings. The average molecular weight is 373 g/mol. The Hall–Kier alpha value is -2.62. The Morgan fingerprint density at radius 2 is 2.08 bits per heavy atom. The standard InChI is InChI=1S/C15H11F4N3O2S/c16-13(17)15(18,19)24-10-4-1-3-9(7-10)12-20-21-14(25)22(12)8-11-5-2-6-23-11/h1-7,13H,8H2,(H,21,25). The molecule has 1 aromatic carbocycles. The summed E-state index contributed by atoms with van der Waals surface area (Å²) in [6, 6.07) is 8.73. The fourth-order valence-electron chi connectivity index (χ4n) is 2.14. The van der Waals surface area contributed by atoms with Crippen molar-refractivity contribution in [1.82, 2.24) is 14.8 Å². The summed E-state index contributed by atoms with van der Waals surface area (Å²) in [5.41, 5.74) is 0.362. The van der Waals surface area contributed by atoms with Crippen LogP contribution in [0.5, 0.6) is 5.75 Å². The molecular weight excluding hydrogens is 362 g/mol. The molecule has 0 aliphatic rings. The maximum absolute atomic E-state index is 13.1. The van der Waals surface area contributed by atoms with E-state index in [1.807, 2.05) is 0 Å². The first-order valence-corrected chi connectivity index (χ1v) is 7.40. The minimum Gasteiger partial charge on any atom is -0.467 e. The lowest BCUT2D eigenvalue weighted by molar-refractivity contribution is -0.253. The molecule has 0 bridgehead atoms. The van der Waals surface area contributed by atoms with Crippen molar-refractivity contribution in [1.29, 1.82) is 0 Å². The molecule has 3 rings (SSSR count). The number of hydrogen-bond acceptors (Lipinski definition) is 4. The number of hydrogen-bond donors (Lipinski definition) is 1. The second kappa shape index (κ2) is 6.71. The van der Waals surface area contributed by atoms with Crippen LogP contribution in [0.15, 0.2) is 47.1 Å². The van der Waals surface area contributed by atoms with Gasteiger partial charge in [0.05, 0.1) is 12.8 Å². The van der Waals surface area contributed by atoms with Crippen LogP contribution in [0.4, 0.5) is 17.6 Å². The van der Waals surface area contributed by atoms with Gasteiger partial charge in [-0.05, 0) is 36.5 Å². The third kappa shape index (κ3) is 3.73. The van der Waals surface area contributed by atoms with Gasteiger partial charge in [0.15, 0.2) is 10.6 Å². The van der Waals surface area contributed by atoms with Crippen LogP contribution < -0.4 is 4.74 Å². The molecular formula is C15H11F4N3O2S. The molecule has 0 saturated carbocycles. The van der Waals surface area contributed by atoms with Gasteiger partial charge in [0.1, 0.15) is 11.5 Å². The average Bonchev–Trinajstić information content (AvgIpc) is 3.18. The van der Waals surface area contributed by atoms with Crippen LogP contribution in [0.3, 0.4) is 0 Å². The Balaban J connectivity index is 1.93. The van der Waals surface area contributed by atoms with Crippen LogP contribution in [-0.4, -0.2) is 27.3 Å². The molecule has 3 aromatic rings. The highest BCUT2D eigenvalue weighted by molar-refractivity contribution is 7.71. The molecule has 2 heterocycles. The molecule has 0 aliphatic heterocycles. The van der Waals surface area contributed by atoms with E-state index in [0.717, 1.165) is 6.07 Å². The van der Waals surface area contributed by atoms with Gasteiger partial charge in [0, 0.05) is 5.56 Å². The van der Waals surface area contributed by atoms with E-state index in [0.29, 0.717) is 17.1 Å². The number of nitrogens with one attached hydrogen (secondary N) is 1. The summed E-state index contributed by atoms with van der Waals surface area (Å²) >= 11 is 5.15. The predicted octanol–water partition coefficient (Wildman–Crippen LogP) is 4.49. The van der Waals surface area contributed by atoms with E-state index in [1.165, 1.54) is 18.4 Å². The Bertz CT molecular complexity index is 906. The molecule has 0 amide bonds. The first-order valence-electron chi connectivity index (χ1n) is 7.00. The van der Waals surface area contributed by atoms with Gasteiger partial charge in [-0.15, -0.1) is 0 Å². The van der Waals surface area contributed by atoms with Gasteiger partial charge in [0.25, 0.3) is 0 Å². The van der Waals surface area contributed by atoms with Crippen molar-refractivity contribution in [2.24, 2.45) is 0 Å². The van der Waals surface area contributed by atoms with Gasteiger partial charge in [-0.3, -0.25) is 9.67 Å². The van der Waals surface area contributed by atoms with Crippen LogP contribution in [-0.2, 0) is 6.54 Å². The summed E-state index contributed by atoms with van der Waals surface area (Å²) in [7, 11) is 0. The second-order valence-corrected chi connectivity index (χ2v) is 5.40. The van der Waals surface area contributed by atoms with Crippen LogP contribution in [0.2, 0.25) is 0 Å². The largest absolute Gasteiger partial charge is 0.467 e. The number of halogens is 4. The quantitative estimate of drug-likeness (QED) is 0.511. The van der Waals surface area contributed by atoms with E-state index in [4.69, 9.17) is 16.6 Å². The highest BCUT2D eigenvalue weighted by Gasteiger charge is 2.44. The van der Waals surface area contributed by atoms with Gasteiger partial charge >= 0.3 is 12.5 Å². The summed E-state index contributed by atoms with van der Waals surface area (Å²) in [6.07, 6.45) is -7.03. The molecule has 0 spiro atoms. The lowest BCUT2D eigenvalue weighted by Gasteiger charge is -2.17. The van der Waals surface area contributed by atoms with Crippen molar-refractivity contribution < 1.29 is 26.7 Å². The lowest BCUT2D eigenvalue weighted by Crippen LogP contribution is -2.33. The zero-order valence-electron chi connectivity index (χ0n) is 12.5. The molecule has 1 N–H and O–H groups in total. The van der Waals surface area contributed by atoms with Gasteiger partial charge in [-0.25, -0.2) is 0 Å². The Morgan fingerprint density at radius 1 is 1.28 bits per heavy atom. The highest BCUT2D eigenvalue weighted by Crippen LogP contribution is 2.30. The van der Waals surface area contributed by atoms with Crippen molar-refractivity contribution in [2.75, 3.05) is 0 Å².